The summed E-state index contributed by atoms with van der Waals surface area (Å²) in [5, 5.41) is 13.6. The van der Waals surface area contributed by atoms with Crippen LogP contribution in [0.15, 0.2) is 59.1 Å². The van der Waals surface area contributed by atoms with E-state index in [4.69, 9.17) is 14.3 Å². The minimum atomic E-state index is -0.137. The van der Waals surface area contributed by atoms with E-state index in [0.29, 0.717) is 31.3 Å². The third kappa shape index (κ3) is 4.09. The second-order valence-corrected chi connectivity index (χ2v) is 6.85. The smallest absolute Gasteiger partial charge is 0.290 e. The van der Waals surface area contributed by atoms with E-state index in [0.717, 1.165) is 18.5 Å². The molecule has 7 nitrogen and oxygen atoms in total. The van der Waals surface area contributed by atoms with Crippen LogP contribution in [0.1, 0.15) is 35.0 Å². The molecule has 0 radical (unpaired) electrons. The normalized spacial score (nSPS) is 16.9. The number of carbonyl (C=O) groups is 1. The molecule has 4 rings (SSSR count). The first-order chi connectivity index (χ1) is 13.7. The number of benzene rings is 1. The highest BCUT2D eigenvalue weighted by Crippen LogP contribution is 2.28. The monoisotopic (exact) mass is 381 g/mol. The Balaban J connectivity index is 1.41. The van der Waals surface area contributed by atoms with Crippen LogP contribution < -0.4 is 4.74 Å². The molecule has 0 aliphatic carbocycles. The molecule has 1 amide bonds. The lowest BCUT2D eigenvalue weighted by Crippen LogP contribution is -2.39. The lowest BCUT2D eigenvalue weighted by Gasteiger charge is -2.31. The summed E-state index contributed by atoms with van der Waals surface area (Å²) in [6.07, 6.45) is 3.77. The summed E-state index contributed by atoms with van der Waals surface area (Å²) in [7, 11) is 0. The summed E-state index contributed by atoms with van der Waals surface area (Å²) >= 11 is 0. The predicted octanol–water partition coefficient (Wildman–Crippen LogP) is 3.28. The van der Waals surface area contributed by atoms with Crippen molar-refractivity contribution in [1.82, 2.24) is 14.7 Å². The lowest BCUT2D eigenvalue weighted by atomic mass is 9.95. The number of nitrogens with zero attached hydrogens (tertiary/aromatic N) is 3. The van der Waals surface area contributed by atoms with Crippen LogP contribution in [-0.2, 0) is 6.54 Å². The molecular formula is C21H23N3O4. The summed E-state index contributed by atoms with van der Waals surface area (Å²) in [6, 6.07) is 14.6. The maximum absolute atomic E-state index is 12.9. The van der Waals surface area contributed by atoms with Crippen molar-refractivity contribution in [2.45, 2.75) is 25.3 Å². The van der Waals surface area contributed by atoms with Gasteiger partial charge in [-0.15, -0.1) is 0 Å². The van der Waals surface area contributed by atoms with E-state index in [1.54, 1.807) is 16.8 Å². The molecule has 146 valence electrons. The molecule has 1 fully saturated rings. The van der Waals surface area contributed by atoms with Gasteiger partial charge in [-0.25, -0.2) is 0 Å². The van der Waals surface area contributed by atoms with Gasteiger partial charge in [-0.3, -0.25) is 9.48 Å². The minimum Gasteiger partial charge on any atom is -0.426 e. The Kier molecular flexibility index (Phi) is 5.43. The molecule has 2 aromatic heterocycles. The molecule has 1 aliphatic heterocycles. The zero-order chi connectivity index (χ0) is 19.3. The van der Waals surface area contributed by atoms with Crippen molar-refractivity contribution in [3.8, 4) is 11.7 Å². The van der Waals surface area contributed by atoms with E-state index in [1.165, 1.54) is 0 Å². The van der Waals surface area contributed by atoms with Crippen molar-refractivity contribution >= 4 is 5.91 Å². The van der Waals surface area contributed by atoms with E-state index in [1.807, 2.05) is 47.5 Å². The van der Waals surface area contributed by atoms with E-state index < -0.39 is 0 Å². The van der Waals surface area contributed by atoms with Crippen LogP contribution in [0.25, 0.3) is 0 Å². The Morgan fingerprint density at radius 1 is 1.21 bits per heavy atom. The van der Waals surface area contributed by atoms with Crippen molar-refractivity contribution in [3.05, 3.63) is 66.2 Å². The summed E-state index contributed by atoms with van der Waals surface area (Å²) in [6.45, 7) is 1.83. The number of hydrogen-bond donors (Lipinski definition) is 1. The van der Waals surface area contributed by atoms with Crippen molar-refractivity contribution in [2.75, 3.05) is 19.7 Å². The highest BCUT2D eigenvalue weighted by atomic mass is 16.6. The van der Waals surface area contributed by atoms with Crippen LogP contribution in [-0.4, -0.2) is 45.4 Å². The van der Waals surface area contributed by atoms with Gasteiger partial charge in [-0.05, 0) is 37.1 Å². The van der Waals surface area contributed by atoms with Gasteiger partial charge in [-0.2, -0.15) is 5.10 Å². The number of amides is 1. The van der Waals surface area contributed by atoms with Crippen LogP contribution in [0.5, 0.6) is 11.7 Å². The third-order valence-electron chi connectivity index (χ3n) is 4.87. The molecule has 0 unspecified atom stereocenters. The number of rotatable bonds is 6. The maximum Gasteiger partial charge on any atom is 0.290 e. The maximum atomic E-state index is 12.9. The number of piperidine rings is 1. The lowest BCUT2D eigenvalue weighted by molar-refractivity contribution is 0.0668. The highest BCUT2D eigenvalue weighted by Gasteiger charge is 2.28. The second kappa shape index (κ2) is 8.31. The molecule has 1 atom stereocenters. The molecule has 1 aliphatic rings. The Labute approximate surface area is 163 Å². The summed E-state index contributed by atoms with van der Waals surface area (Å²) < 4.78 is 13.0. The number of aromatic nitrogens is 2. The van der Waals surface area contributed by atoms with Crippen molar-refractivity contribution in [2.24, 2.45) is 0 Å². The predicted molar refractivity (Wildman–Crippen MR) is 102 cm³/mol. The van der Waals surface area contributed by atoms with Crippen molar-refractivity contribution < 1.29 is 19.1 Å². The van der Waals surface area contributed by atoms with E-state index in [9.17, 15) is 4.79 Å². The highest BCUT2D eigenvalue weighted by molar-refractivity contribution is 5.91. The standard InChI is InChI=1S/C21H23N3O4/c25-14-13-24-12-10-18(22-24)16-5-4-11-23(15-16)21(26)19-8-9-20(28-19)27-17-6-2-1-3-7-17/h1-3,6-10,12,16,25H,4-5,11,13-15H2/t16-/m0/s1. The Morgan fingerprint density at radius 2 is 2.07 bits per heavy atom. The number of para-hydroxylation sites is 1. The number of furan rings is 1. The molecule has 7 heteroatoms. The van der Waals surface area contributed by atoms with Crippen LogP contribution in [0.3, 0.4) is 0 Å². The summed E-state index contributed by atoms with van der Waals surface area (Å²) in [5.41, 5.74) is 0.957. The van der Waals surface area contributed by atoms with Crippen LogP contribution in [0.2, 0.25) is 0 Å². The van der Waals surface area contributed by atoms with E-state index in [2.05, 4.69) is 5.10 Å². The molecule has 3 aromatic rings. The van der Waals surface area contributed by atoms with Gasteiger partial charge in [-0.1, -0.05) is 18.2 Å². The van der Waals surface area contributed by atoms with Gasteiger partial charge in [0.2, 0.25) is 0 Å². The molecule has 0 saturated carbocycles. The van der Waals surface area contributed by atoms with Crippen molar-refractivity contribution in [3.63, 3.8) is 0 Å². The van der Waals surface area contributed by atoms with E-state index >= 15 is 0 Å². The summed E-state index contributed by atoms with van der Waals surface area (Å²) in [5.74, 6) is 1.28. The molecule has 1 saturated heterocycles. The number of hydrogen-bond acceptors (Lipinski definition) is 5. The van der Waals surface area contributed by atoms with Gasteiger partial charge >= 0.3 is 0 Å². The SMILES string of the molecule is O=C(c1ccc(Oc2ccccc2)o1)N1CCC[C@H](c2ccn(CCO)n2)C1. The molecule has 0 spiro atoms. The second-order valence-electron chi connectivity index (χ2n) is 6.85. The quantitative estimate of drug-likeness (QED) is 0.709. The van der Waals surface area contributed by atoms with Gasteiger partial charge < -0.3 is 19.2 Å². The Bertz CT molecular complexity index is 919. The van der Waals surface area contributed by atoms with Gasteiger partial charge in [0.05, 0.1) is 18.8 Å². The van der Waals surface area contributed by atoms with Crippen LogP contribution in [0, 0.1) is 0 Å². The first-order valence-corrected chi connectivity index (χ1v) is 9.49. The third-order valence-corrected chi connectivity index (χ3v) is 4.87. The molecular weight excluding hydrogens is 358 g/mol. The van der Waals surface area contributed by atoms with Crippen LogP contribution >= 0.6 is 0 Å². The number of aliphatic hydroxyl groups is 1. The van der Waals surface area contributed by atoms with Gasteiger partial charge in [0.15, 0.2) is 5.76 Å². The first kappa shape index (κ1) is 18.3. The minimum absolute atomic E-state index is 0.0578. The van der Waals surface area contributed by atoms with Gasteiger partial charge in [0, 0.05) is 31.3 Å². The average Bonchev–Trinajstić information content (AvgIpc) is 3.39. The first-order valence-electron chi connectivity index (χ1n) is 9.49. The largest absolute Gasteiger partial charge is 0.426 e. The zero-order valence-corrected chi connectivity index (χ0v) is 15.5. The molecule has 1 N–H and O–H groups in total. The van der Waals surface area contributed by atoms with Gasteiger partial charge in [0.1, 0.15) is 5.75 Å². The number of carbonyl (C=O) groups excluding carboxylic acids is 1. The number of likely N-dealkylation sites (tertiary alicyclic amines) is 1. The zero-order valence-electron chi connectivity index (χ0n) is 15.5. The molecule has 1 aromatic carbocycles. The Morgan fingerprint density at radius 3 is 2.89 bits per heavy atom. The van der Waals surface area contributed by atoms with Gasteiger partial charge in [0.25, 0.3) is 11.9 Å². The topological polar surface area (TPSA) is 80.7 Å². The fraction of sp³-hybridized carbons (Fsp3) is 0.333. The summed E-state index contributed by atoms with van der Waals surface area (Å²) in [4.78, 5) is 14.7. The number of aliphatic hydroxyl groups excluding tert-OH is 1. The Hall–Kier alpha value is -3.06. The van der Waals surface area contributed by atoms with Crippen molar-refractivity contribution in [1.29, 1.82) is 0 Å². The molecule has 28 heavy (non-hydrogen) atoms. The van der Waals surface area contributed by atoms with E-state index in [-0.39, 0.29) is 24.2 Å². The van der Waals surface area contributed by atoms with Crippen LogP contribution in [0.4, 0.5) is 0 Å². The average molecular weight is 381 g/mol. The number of ether oxygens (including phenoxy) is 1. The fourth-order valence-electron chi connectivity index (χ4n) is 3.48. The fourth-order valence-corrected chi connectivity index (χ4v) is 3.48. The molecule has 0 bridgehead atoms. The molecule has 3 heterocycles.